The van der Waals surface area contributed by atoms with E-state index in [2.05, 4.69) is 15.0 Å². The molecular weight excluding hydrogens is 345 g/mol. The van der Waals surface area contributed by atoms with Crippen LogP contribution in [0, 0.1) is 11.7 Å². The van der Waals surface area contributed by atoms with Crippen molar-refractivity contribution in [2.75, 3.05) is 5.32 Å². The molecule has 2 aromatic rings. The first-order valence-corrected chi connectivity index (χ1v) is 9.69. The van der Waals surface area contributed by atoms with Gasteiger partial charge in [-0.2, -0.15) is 0 Å². The van der Waals surface area contributed by atoms with Crippen molar-refractivity contribution in [3.63, 3.8) is 0 Å². The number of rotatable bonds is 6. The number of carbonyl (C=O) groups is 1. The highest BCUT2D eigenvalue weighted by Gasteiger charge is 2.39. The maximum atomic E-state index is 13.7. The van der Waals surface area contributed by atoms with Crippen LogP contribution in [-0.2, 0) is 14.8 Å². The summed E-state index contributed by atoms with van der Waals surface area (Å²) in [5.74, 6) is -1.12. The summed E-state index contributed by atoms with van der Waals surface area (Å²) < 4.78 is 40.4. The Balaban J connectivity index is 1.79. The molecule has 1 amide bonds. The molecule has 25 heavy (non-hydrogen) atoms. The second-order valence-corrected chi connectivity index (χ2v) is 8.60. The fourth-order valence-electron chi connectivity index (χ4n) is 2.56. The summed E-state index contributed by atoms with van der Waals surface area (Å²) >= 11 is 0. The molecule has 1 aromatic heterocycles. The average molecular weight is 365 g/mol. The van der Waals surface area contributed by atoms with E-state index in [1.165, 1.54) is 12.3 Å². The molecule has 1 aliphatic carbocycles. The van der Waals surface area contributed by atoms with E-state index in [0.717, 1.165) is 0 Å². The normalized spacial score (nSPS) is 16.2. The standard InChI is InChI=1S/C17H20FN3O3S/c1-10(2)15(21-25(23,24)13-6-7-13)17(22)20-12-8-11-4-3-5-14(18)16(11)19-9-12/h3-5,8-10,13,15,21H,6-7H2,1-2H3,(H,20,22)/t15-/m1/s1. The van der Waals surface area contributed by atoms with E-state index < -0.39 is 33.0 Å². The van der Waals surface area contributed by atoms with E-state index in [4.69, 9.17) is 0 Å². The molecule has 1 saturated carbocycles. The van der Waals surface area contributed by atoms with E-state index in [1.807, 2.05) is 0 Å². The molecule has 1 fully saturated rings. The summed E-state index contributed by atoms with van der Waals surface area (Å²) in [7, 11) is -3.48. The summed E-state index contributed by atoms with van der Waals surface area (Å²) in [5, 5.41) is 2.82. The summed E-state index contributed by atoms with van der Waals surface area (Å²) in [5.41, 5.74) is 0.606. The van der Waals surface area contributed by atoms with E-state index in [9.17, 15) is 17.6 Å². The van der Waals surface area contributed by atoms with Crippen molar-refractivity contribution in [3.05, 3.63) is 36.3 Å². The van der Waals surface area contributed by atoms with Crippen LogP contribution in [0.25, 0.3) is 10.9 Å². The van der Waals surface area contributed by atoms with Gasteiger partial charge in [-0.15, -0.1) is 0 Å². The van der Waals surface area contributed by atoms with Crippen LogP contribution < -0.4 is 10.0 Å². The van der Waals surface area contributed by atoms with Gasteiger partial charge in [0.1, 0.15) is 17.4 Å². The van der Waals surface area contributed by atoms with Crippen molar-refractivity contribution in [1.29, 1.82) is 0 Å². The van der Waals surface area contributed by atoms with Crippen LogP contribution in [0.15, 0.2) is 30.5 Å². The van der Waals surface area contributed by atoms with Gasteiger partial charge in [0.25, 0.3) is 0 Å². The monoisotopic (exact) mass is 365 g/mol. The predicted molar refractivity (Wildman–Crippen MR) is 94.0 cm³/mol. The molecule has 0 aliphatic heterocycles. The number of hydrogen-bond donors (Lipinski definition) is 2. The molecule has 0 unspecified atom stereocenters. The van der Waals surface area contributed by atoms with Crippen LogP contribution >= 0.6 is 0 Å². The third-order valence-corrected chi connectivity index (χ3v) is 6.06. The van der Waals surface area contributed by atoms with Gasteiger partial charge in [0.05, 0.1) is 17.1 Å². The predicted octanol–water partition coefficient (Wildman–Crippen LogP) is 2.42. The Morgan fingerprint density at radius 2 is 2.04 bits per heavy atom. The number of hydrogen-bond acceptors (Lipinski definition) is 4. The number of halogens is 1. The molecule has 1 aromatic carbocycles. The Labute approximate surface area is 145 Å². The Morgan fingerprint density at radius 1 is 1.32 bits per heavy atom. The number of amides is 1. The molecule has 1 atom stereocenters. The number of pyridine rings is 1. The Hall–Kier alpha value is -2.06. The lowest BCUT2D eigenvalue weighted by Gasteiger charge is -2.21. The lowest BCUT2D eigenvalue weighted by molar-refractivity contribution is -0.118. The molecule has 0 spiro atoms. The number of benzene rings is 1. The number of para-hydroxylation sites is 1. The number of fused-ring (bicyclic) bond motifs is 1. The van der Waals surface area contributed by atoms with Crippen molar-refractivity contribution in [3.8, 4) is 0 Å². The highest BCUT2D eigenvalue weighted by atomic mass is 32.2. The van der Waals surface area contributed by atoms with Crippen LogP contribution in [0.5, 0.6) is 0 Å². The molecule has 3 rings (SSSR count). The van der Waals surface area contributed by atoms with Crippen molar-refractivity contribution >= 4 is 32.5 Å². The highest BCUT2D eigenvalue weighted by molar-refractivity contribution is 7.90. The Kier molecular flexibility index (Phi) is 4.75. The average Bonchev–Trinajstić information content (AvgIpc) is 3.38. The number of aromatic nitrogens is 1. The van der Waals surface area contributed by atoms with Gasteiger partial charge in [0.15, 0.2) is 0 Å². The minimum Gasteiger partial charge on any atom is -0.323 e. The number of sulfonamides is 1. The van der Waals surface area contributed by atoms with Crippen molar-refractivity contribution in [2.24, 2.45) is 5.92 Å². The van der Waals surface area contributed by atoms with Gasteiger partial charge in [-0.1, -0.05) is 26.0 Å². The molecular formula is C17H20FN3O3S. The van der Waals surface area contributed by atoms with E-state index >= 15 is 0 Å². The first-order valence-electron chi connectivity index (χ1n) is 8.14. The van der Waals surface area contributed by atoms with Gasteiger partial charge in [-0.05, 0) is 30.9 Å². The third kappa shape index (κ3) is 3.96. The molecule has 6 nitrogen and oxygen atoms in total. The second-order valence-electron chi connectivity index (χ2n) is 6.61. The molecule has 8 heteroatoms. The molecule has 134 valence electrons. The highest BCUT2D eigenvalue weighted by Crippen LogP contribution is 2.28. The van der Waals surface area contributed by atoms with Gasteiger partial charge >= 0.3 is 0 Å². The fourth-order valence-corrected chi connectivity index (χ4v) is 4.24. The lowest BCUT2D eigenvalue weighted by Crippen LogP contribution is -2.48. The van der Waals surface area contributed by atoms with Crippen molar-refractivity contribution in [1.82, 2.24) is 9.71 Å². The second kappa shape index (κ2) is 6.68. The quantitative estimate of drug-likeness (QED) is 0.823. The summed E-state index contributed by atoms with van der Waals surface area (Å²) in [6.45, 7) is 3.54. The zero-order valence-electron chi connectivity index (χ0n) is 14.0. The van der Waals surface area contributed by atoms with E-state index in [-0.39, 0.29) is 11.4 Å². The van der Waals surface area contributed by atoms with Gasteiger partial charge < -0.3 is 5.32 Å². The van der Waals surface area contributed by atoms with Gasteiger partial charge in [-0.3, -0.25) is 9.78 Å². The van der Waals surface area contributed by atoms with Crippen LogP contribution in [0.1, 0.15) is 26.7 Å². The van der Waals surface area contributed by atoms with Gasteiger partial charge in [-0.25, -0.2) is 17.5 Å². The minimum absolute atomic E-state index is 0.218. The zero-order chi connectivity index (χ0) is 18.2. The number of anilines is 1. The number of carbonyl (C=O) groups excluding carboxylic acids is 1. The molecule has 0 bridgehead atoms. The summed E-state index contributed by atoms with van der Waals surface area (Å²) in [4.78, 5) is 16.6. The van der Waals surface area contributed by atoms with Crippen LogP contribution in [0.2, 0.25) is 0 Å². The van der Waals surface area contributed by atoms with Crippen molar-refractivity contribution in [2.45, 2.75) is 38.0 Å². The van der Waals surface area contributed by atoms with Crippen LogP contribution in [0.3, 0.4) is 0 Å². The maximum Gasteiger partial charge on any atom is 0.242 e. The Morgan fingerprint density at radius 3 is 2.68 bits per heavy atom. The smallest absolute Gasteiger partial charge is 0.242 e. The molecule has 1 heterocycles. The molecule has 0 saturated heterocycles. The molecule has 0 radical (unpaired) electrons. The minimum atomic E-state index is -3.48. The number of nitrogens with zero attached hydrogens (tertiary/aromatic N) is 1. The zero-order valence-corrected chi connectivity index (χ0v) is 14.8. The first-order chi connectivity index (χ1) is 11.8. The fraction of sp³-hybridized carbons (Fsp3) is 0.412. The van der Waals surface area contributed by atoms with Crippen LogP contribution in [-0.4, -0.2) is 30.6 Å². The first kappa shape index (κ1) is 17.8. The van der Waals surface area contributed by atoms with E-state index in [0.29, 0.717) is 23.9 Å². The Bertz CT molecular complexity index is 910. The largest absolute Gasteiger partial charge is 0.323 e. The van der Waals surface area contributed by atoms with Gasteiger partial charge in [0.2, 0.25) is 15.9 Å². The third-order valence-electron chi connectivity index (χ3n) is 4.13. The summed E-state index contributed by atoms with van der Waals surface area (Å²) in [6.07, 6.45) is 2.61. The molecule has 1 aliphatic rings. The van der Waals surface area contributed by atoms with Crippen molar-refractivity contribution < 1.29 is 17.6 Å². The number of nitrogens with one attached hydrogen (secondary N) is 2. The molecule has 2 N–H and O–H groups in total. The summed E-state index contributed by atoms with van der Waals surface area (Å²) in [6, 6.07) is 5.29. The van der Waals surface area contributed by atoms with Crippen LogP contribution in [0.4, 0.5) is 10.1 Å². The SMILES string of the molecule is CC(C)[C@@H](NS(=O)(=O)C1CC1)C(=O)Nc1cnc2c(F)cccc2c1. The van der Waals surface area contributed by atoms with Gasteiger partial charge in [0, 0.05) is 5.39 Å². The topological polar surface area (TPSA) is 88.2 Å². The lowest BCUT2D eigenvalue weighted by atomic mass is 10.0. The maximum absolute atomic E-state index is 13.7. The van der Waals surface area contributed by atoms with E-state index in [1.54, 1.807) is 32.0 Å².